The van der Waals surface area contributed by atoms with E-state index in [4.69, 9.17) is 0 Å². The van der Waals surface area contributed by atoms with Crippen molar-refractivity contribution in [3.63, 3.8) is 0 Å². The van der Waals surface area contributed by atoms with Crippen molar-refractivity contribution in [2.24, 2.45) is 0 Å². The maximum Gasteiger partial charge on any atom is 0.283 e. The summed E-state index contributed by atoms with van der Waals surface area (Å²) in [5.41, 5.74) is -0.0445. The third kappa shape index (κ3) is 1.59. The van der Waals surface area contributed by atoms with E-state index in [1.807, 2.05) is 13.0 Å². The van der Waals surface area contributed by atoms with Crippen LogP contribution in [0.15, 0.2) is 10.9 Å². The van der Waals surface area contributed by atoms with Crippen LogP contribution in [0.3, 0.4) is 0 Å². The van der Waals surface area contributed by atoms with Gasteiger partial charge in [0.15, 0.2) is 0 Å². The number of hydrogen-bond acceptors (Lipinski definition) is 5. The summed E-state index contributed by atoms with van der Waals surface area (Å²) < 4.78 is 1.43. The Balaban J connectivity index is 2.42. The lowest BCUT2D eigenvalue weighted by Crippen LogP contribution is -2.14. The highest BCUT2D eigenvalue weighted by Gasteiger charge is 2.12. The van der Waals surface area contributed by atoms with Gasteiger partial charge in [0, 0.05) is 4.88 Å². The van der Waals surface area contributed by atoms with Crippen LogP contribution in [0.2, 0.25) is 0 Å². The quantitative estimate of drug-likeness (QED) is 0.715. The summed E-state index contributed by atoms with van der Waals surface area (Å²) in [6, 6.07) is 1.94. The van der Waals surface area contributed by atoms with Crippen LogP contribution in [0.5, 0.6) is 0 Å². The third-order valence-electron chi connectivity index (χ3n) is 2.64. The summed E-state index contributed by atoms with van der Waals surface area (Å²) in [6.07, 6.45) is 1.77. The van der Waals surface area contributed by atoms with Crippen LogP contribution in [0.4, 0.5) is 0 Å². The minimum Gasteiger partial charge on any atom is -0.267 e. The Bertz CT molecular complexity index is 693. The van der Waals surface area contributed by atoms with Crippen LogP contribution >= 0.6 is 22.7 Å². The van der Waals surface area contributed by atoms with Crippen LogP contribution in [0, 0.1) is 0 Å². The first kappa shape index (κ1) is 10.9. The van der Waals surface area contributed by atoms with Gasteiger partial charge in [0.1, 0.15) is 9.84 Å². The van der Waals surface area contributed by atoms with Gasteiger partial charge in [-0.2, -0.15) is 9.61 Å². The molecule has 88 valence electrons. The molecule has 0 aliphatic heterocycles. The molecule has 0 bridgehead atoms. The van der Waals surface area contributed by atoms with Gasteiger partial charge in [0.2, 0.25) is 4.96 Å². The van der Waals surface area contributed by atoms with Gasteiger partial charge in [0.25, 0.3) is 5.56 Å². The van der Waals surface area contributed by atoms with Crippen molar-refractivity contribution in [1.29, 1.82) is 0 Å². The topological polar surface area (TPSA) is 47.3 Å². The molecule has 0 spiro atoms. The van der Waals surface area contributed by atoms with Crippen LogP contribution < -0.4 is 5.56 Å². The van der Waals surface area contributed by atoms with Gasteiger partial charge in [-0.15, -0.1) is 11.3 Å². The minimum absolute atomic E-state index is 0.0445. The molecular weight excluding hydrogens is 254 g/mol. The second kappa shape index (κ2) is 3.89. The molecule has 0 atom stereocenters. The number of aryl methyl sites for hydroxylation is 2. The Labute approximate surface area is 106 Å². The van der Waals surface area contributed by atoms with Crippen LogP contribution in [-0.4, -0.2) is 14.6 Å². The summed E-state index contributed by atoms with van der Waals surface area (Å²) in [5.74, 6) is 0. The molecular formula is C11H11N3OS2. The molecule has 0 aromatic carbocycles. The van der Waals surface area contributed by atoms with E-state index in [1.165, 1.54) is 20.7 Å². The zero-order chi connectivity index (χ0) is 12.0. The van der Waals surface area contributed by atoms with Crippen molar-refractivity contribution in [3.05, 3.63) is 26.3 Å². The second-order valence-corrected chi connectivity index (χ2v) is 5.90. The van der Waals surface area contributed by atoms with Crippen molar-refractivity contribution >= 4 is 37.9 Å². The Kier molecular flexibility index (Phi) is 2.48. The smallest absolute Gasteiger partial charge is 0.267 e. The molecule has 0 aliphatic carbocycles. The number of aromatic nitrogens is 3. The lowest BCUT2D eigenvalue weighted by molar-refractivity contribution is 0.871. The van der Waals surface area contributed by atoms with Gasteiger partial charge in [-0.3, -0.25) is 4.79 Å². The van der Waals surface area contributed by atoms with E-state index in [9.17, 15) is 4.79 Å². The molecule has 0 radical (unpaired) electrons. The molecule has 3 rings (SSSR count). The molecule has 0 N–H and O–H groups in total. The standard InChI is InChI=1S/C11H11N3OS2/c1-3-6-5-7-9(16-6)12-11-14(10(7)15)13-8(4-2)17-11/h5H,3-4H2,1-2H3. The predicted molar refractivity (Wildman–Crippen MR) is 71.3 cm³/mol. The van der Waals surface area contributed by atoms with Gasteiger partial charge in [0.05, 0.1) is 5.39 Å². The molecule has 0 saturated carbocycles. The van der Waals surface area contributed by atoms with Crippen molar-refractivity contribution in [2.75, 3.05) is 0 Å². The molecule has 4 nitrogen and oxygen atoms in total. The first-order valence-electron chi connectivity index (χ1n) is 5.54. The molecule has 3 heterocycles. The van der Waals surface area contributed by atoms with Gasteiger partial charge >= 0.3 is 0 Å². The van der Waals surface area contributed by atoms with E-state index >= 15 is 0 Å². The summed E-state index contributed by atoms with van der Waals surface area (Å²) >= 11 is 3.09. The van der Waals surface area contributed by atoms with Gasteiger partial charge in [-0.25, -0.2) is 4.98 Å². The molecule has 0 saturated heterocycles. The van der Waals surface area contributed by atoms with E-state index < -0.39 is 0 Å². The molecule has 3 aromatic heterocycles. The number of rotatable bonds is 2. The van der Waals surface area contributed by atoms with Gasteiger partial charge in [-0.1, -0.05) is 25.2 Å². The summed E-state index contributed by atoms with van der Waals surface area (Å²) in [6.45, 7) is 4.11. The number of thiophene rings is 1. The fourth-order valence-corrected chi connectivity index (χ4v) is 3.55. The van der Waals surface area contributed by atoms with E-state index in [-0.39, 0.29) is 5.56 Å². The average Bonchev–Trinajstić information content (AvgIpc) is 2.92. The first-order chi connectivity index (χ1) is 8.22. The Morgan fingerprint density at radius 3 is 2.82 bits per heavy atom. The molecule has 0 fully saturated rings. The largest absolute Gasteiger partial charge is 0.283 e. The van der Waals surface area contributed by atoms with E-state index in [0.717, 1.165) is 22.7 Å². The molecule has 0 amide bonds. The maximum absolute atomic E-state index is 12.2. The summed E-state index contributed by atoms with van der Waals surface area (Å²) in [5, 5.41) is 5.92. The first-order valence-corrected chi connectivity index (χ1v) is 7.17. The molecule has 3 aromatic rings. The van der Waals surface area contributed by atoms with Gasteiger partial charge in [-0.05, 0) is 18.9 Å². The Hall–Kier alpha value is -1.27. The average molecular weight is 265 g/mol. The predicted octanol–water partition coefficient (Wildman–Crippen LogP) is 2.49. The minimum atomic E-state index is -0.0445. The number of fused-ring (bicyclic) bond motifs is 2. The fraction of sp³-hybridized carbons (Fsp3) is 0.364. The fourth-order valence-electron chi connectivity index (χ4n) is 1.71. The lowest BCUT2D eigenvalue weighted by atomic mass is 10.3. The van der Waals surface area contributed by atoms with Crippen LogP contribution in [0.1, 0.15) is 23.7 Å². The lowest BCUT2D eigenvalue weighted by Gasteiger charge is -1.89. The zero-order valence-electron chi connectivity index (χ0n) is 9.56. The van der Waals surface area contributed by atoms with Crippen LogP contribution in [0.25, 0.3) is 15.2 Å². The van der Waals surface area contributed by atoms with Crippen molar-refractivity contribution < 1.29 is 0 Å². The molecule has 0 unspecified atom stereocenters. The van der Waals surface area contributed by atoms with Gasteiger partial charge < -0.3 is 0 Å². The molecule has 17 heavy (non-hydrogen) atoms. The third-order valence-corrected chi connectivity index (χ3v) is 4.86. The monoisotopic (exact) mass is 265 g/mol. The van der Waals surface area contributed by atoms with E-state index in [1.54, 1.807) is 11.3 Å². The van der Waals surface area contributed by atoms with Crippen molar-refractivity contribution in [3.8, 4) is 0 Å². The molecule has 6 heteroatoms. The van der Waals surface area contributed by atoms with E-state index in [0.29, 0.717) is 10.3 Å². The second-order valence-electron chi connectivity index (χ2n) is 3.75. The highest BCUT2D eigenvalue weighted by molar-refractivity contribution is 7.19. The zero-order valence-corrected chi connectivity index (χ0v) is 11.2. The number of hydrogen-bond donors (Lipinski definition) is 0. The summed E-state index contributed by atoms with van der Waals surface area (Å²) in [4.78, 5) is 19.5. The van der Waals surface area contributed by atoms with E-state index in [2.05, 4.69) is 17.0 Å². The van der Waals surface area contributed by atoms with Crippen LogP contribution in [-0.2, 0) is 12.8 Å². The highest BCUT2D eigenvalue weighted by atomic mass is 32.1. The highest BCUT2D eigenvalue weighted by Crippen LogP contribution is 2.23. The normalized spacial score (nSPS) is 11.6. The van der Waals surface area contributed by atoms with Crippen molar-refractivity contribution in [1.82, 2.24) is 14.6 Å². The molecule has 0 aliphatic rings. The Morgan fingerprint density at radius 1 is 1.29 bits per heavy atom. The van der Waals surface area contributed by atoms with Crippen molar-refractivity contribution in [2.45, 2.75) is 26.7 Å². The SMILES string of the molecule is CCc1cc2c(=O)n3nc(CC)sc3nc2s1. The number of nitrogens with zero attached hydrogens (tertiary/aromatic N) is 3. The summed E-state index contributed by atoms with van der Waals surface area (Å²) in [7, 11) is 0. The Morgan fingerprint density at radius 2 is 2.12 bits per heavy atom. The maximum atomic E-state index is 12.2.